The van der Waals surface area contributed by atoms with Gasteiger partial charge in [-0.25, -0.2) is 4.79 Å². The summed E-state index contributed by atoms with van der Waals surface area (Å²) < 4.78 is 5.54. The molecule has 1 aromatic heterocycles. The first-order chi connectivity index (χ1) is 9.56. The molecule has 3 rings (SSSR count). The first-order valence-electron chi connectivity index (χ1n) is 5.84. The number of phenols is 2. The molecule has 5 heteroatoms. The molecule has 0 aliphatic carbocycles. The number of aromatic hydroxyl groups is 2. The number of fused-ring (bicyclic) bond motifs is 1. The van der Waals surface area contributed by atoms with Crippen molar-refractivity contribution in [2.75, 3.05) is 0 Å². The zero-order chi connectivity index (χ0) is 14.3. The van der Waals surface area contributed by atoms with Gasteiger partial charge in [0, 0.05) is 17.0 Å². The third-order valence-corrected chi connectivity index (χ3v) is 3.02. The molecule has 100 valence electrons. The Morgan fingerprint density at radius 3 is 2.25 bits per heavy atom. The lowest BCUT2D eigenvalue weighted by atomic mass is 10.1. The third-order valence-electron chi connectivity index (χ3n) is 3.02. The van der Waals surface area contributed by atoms with Gasteiger partial charge in [-0.1, -0.05) is 0 Å². The van der Waals surface area contributed by atoms with Crippen LogP contribution >= 0.6 is 0 Å². The van der Waals surface area contributed by atoms with Crippen LogP contribution in [0.3, 0.4) is 0 Å². The summed E-state index contributed by atoms with van der Waals surface area (Å²) in [5.74, 6) is -0.838. The van der Waals surface area contributed by atoms with Gasteiger partial charge < -0.3 is 19.7 Å². The Kier molecular flexibility index (Phi) is 2.61. The van der Waals surface area contributed by atoms with E-state index < -0.39 is 5.97 Å². The van der Waals surface area contributed by atoms with Gasteiger partial charge in [-0.2, -0.15) is 0 Å². The van der Waals surface area contributed by atoms with Crippen molar-refractivity contribution in [3.05, 3.63) is 48.0 Å². The van der Waals surface area contributed by atoms with Gasteiger partial charge in [0.05, 0.1) is 0 Å². The molecule has 3 N–H and O–H groups in total. The Bertz CT molecular complexity index is 799. The SMILES string of the molecule is O=C(O)c1c(-c2ccc(O)cc2)oc2cc(O)ccc12. The maximum atomic E-state index is 11.5. The van der Waals surface area contributed by atoms with E-state index in [1.807, 2.05) is 0 Å². The maximum absolute atomic E-state index is 11.5. The summed E-state index contributed by atoms with van der Waals surface area (Å²) in [6.07, 6.45) is 0. The Balaban J connectivity index is 2.31. The first-order valence-corrected chi connectivity index (χ1v) is 5.84. The molecule has 0 bridgehead atoms. The molecule has 0 spiro atoms. The Morgan fingerprint density at radius 2 is 1.60 bits per heavy atom. The molecule has 1 heterocycles. The van der Waals surface area contributed by atoms with Crippen molar-refractivity contribution in [1.82, 2.24) is 0 Å². The summed E-state index contributed by atoms with van der Waals surface area (Å²) in [5.41, 5.74) is 0.868. The minimum atomic E-state index is -1.11. The minimum Gasteiger partial charge on any atom is -0.508 e. The molecular formula is C15H10O5. The van der Waals surface area contributed by atoms with Gasteiger partial charge in [0.25, 0.3) is 0 Å². The number of carbonyl (C=O) groups is 1. The molecular weight excluding hydrogens is 260 g/mol. The van der Waals surface area contributed by atoms with Gasteiger partial charge in [-0.15, -0.1) is 0 Å². The van der Waals surface area contributed by atoms with E-state index >= 15 is 0 Å². The van der Waals surface area contributed by atoms with Crippen molar-refractivity contribution >= 4 is 16.9 Å². The van der Waals surface area contributed by atoms with Crippen molar-refractivity contribution in [3.63, 3.8) is 0 Å². The largest absolute Gasteiger partial charge is 0.508 e. The number of furan rings is 1. The molecule has 0 aliphatic rings. The molecule has 0 saturated carbocycles. The van der Waals surface area contributed by atoms with Crippen molar-refractivity contribution < 1.29 is 24.5 Å². The highest BCUT2D eigenvalue weighted by Crippen LogP contribution is 2.35. The van der Waals surface area contributed by atoms with E-state index in [9.17, 15) is 20.1 Å². The minimum absolute atomic E-state index is 0.000412. The highest BCUT2D eigenvalue weighted by Gasteiger charge is 2.21. The Labute approximate surface area is 113 Å². The lowest BCUT2D eigenvalue weighted by molar-refractivity contribution is 0.0699. The van der Waals surface area contributed by atoms with E-state index in [1.165, 1.54) is 30.3 Å². The van der Waals surface area contributed by atoms with Gasteiger partial charge in [0.15, 0.2) is 0 Å². The van der Waals surface area contributed by atoms with Gasteiger partial charge in [0.1, 0.15) is 28.4 Å². The van der Waals surface area contributed by atoms with Crippen LogP contribution in [0.15, 0.2) is 46.9 Å². The molecule has 20 heavy (non-hydrogen) atoms. The predicted octanol–water partition coefficient (Wildman–Crippen LogP) is 3.21. The first kappa shape index (κ1) is 12.1. The quantitative estimate of drug-likeness (QED) is 0.665. The number of hydrogen-bond acceptors (Lipinski definition) is 4. The zero-order valence-corrected chi connectivity index (χ0v) is 10.2. The lowest BCUT2D eigenvalue weighted by Gasteiger charge is -1.99. The number of rotatable bonds is 2. The Hall–Kier alpha value is -2.95. The fraction of sp³-hybridized carbons (Fsp3) is 0. The van der Waals surface area contributed by atoms with E-state index in [0.29, 0.717) is 16.5 Å². The molecule has 0 atom stereocenters. The number of carboxylic acids is 1. The topological polar surface area (TPSA) is 90.9 Å². The summed E-state index contributed by atoms with van der Waals surface area (Å²) in [6.45, 7) is 0. The summed E-state index contributed by atoms with van der Waals surface area (Å²) in [6, 6.07) is 10.3. The van der Waals surface area contributed by atoms with Gasteiger partial charge >= 0.3 is 5.97 Å². The zero-order valence-electron chi connectivity index (χ0n) is 10.2. The number of phenolic OH excluding ortho intramolecular Hbond substituents is 2. The maximum Gasteiger partial charge on any atom is 0.340 e. The average Bonchev–Trinajstić information content (AvgIpc) is 2.77. The van der Waals surface area contributed by atoms with E-state index in [-0.39, 0.29) is 22.8 Å². The molecule has 0 unspecified atom stereocenters. The highest BCUT2D eigenvalue weighted by molar-refractivity contribution is 6.08. The number of aromatic carboxylic acids is 1. The standard InChI is InChI=1S/C15H10O5/c16-9-3-1-8(2-4-9)14-13(15(18)19)11-6-5-10(17)7-12(11)20-14/h1-7,16-17H,(H,18,19). The molecule has 0 fully saturated rings. The van der Waals surface area contributed by atoms with Gasteiger partial charge in [0.2, 0.25) is 0 Å². The second kappa shape index (κ2) is 4.31. The Morgan fingerprint density at radius 1 is 0.950 bits per heavy atom. The smallest absolute Gasteiger partial charge is 0.340 e. The second-order valence-corrected chi connectivity index (χ2v) is 4.34. The lowest BCUT2D eigenvalue weighted by Crippen LogP contribution is -1.96. The molecule has 0 aliphatic heterocycles. The van der Waals surface area contributed by atoms with Crippen LogP contribution in [-0.2, 0) is 0 Å². The van der Waals surface area contributed by atoms with Crippen LogP contribution in [0.25, 0.3) is 22.3 Å². The summed E-state index contributed by atoms with van der Waals surface area (Å²) in [7, 11) is 0. The average molecular weight is 270 g/mol. The van der Waals surface area contributed by atoms with E-state index in [1.54, 1.807) is 12.1 Å². The summed E-state index contributed by atoms with van der Waals surface area (Å²) in [5, 5.41) is 28.5. The number of carboxylic acid groups (broad SMARTS) is 1. The molecule has 0 amide bonds. The van der Waals surface area contributed by atoms with E-state index in [2.05, 4.69) is 0 Å². The number of benzene rings is 2. The van der Waals surface area contributed by atoms with Crippen molar-refractivity contribution in [1.29, 1.82) is 0 Å². The third kappa shape index (κ3) is 1.85. The van der Waals surface area contributed by atoms with Crippen LogP contribution in [0.4, 0.5) is 0 Å². The van der Waals surface area contributed by atoms with Crippen LogP contribution < -0.4 is 0 Å². The molecule has 2 aromatic carbocycles. The van der Waals surface area contributed by atoms with E-state index in [0.717, 1.165) is 0 Å². The van der Waals surface area contributed by atoms with Crippen LogP contribution in [0.1, 0.15) is 10.4 Å². The second-order valence-electron chi connectivity index (χ2n) is 4.34. The predicted molar refractivity (Wildman–Crippen MR) is 71.9 cm³/mol. The van der Waals surface area contributed by atoms with Crippen LogP contribution in [0.2, 0.25) is 0 Å². The van der Waals surface area contributed by atoms with Crippen LogP contribution in [0.5, 0.6) is 11.5 Å². The highest BCUT2D eigenvalue weighted by atomic mass is 16.4. The fourth-order valence-electron chi connectivity index (χ4n) is 2.11. The van der Waals surface area contributed by atoms with Crippen molar-refractivity contribution in [3.8, 4) is 22.8 Å². The van der Waals surface area contributed by atoms with Crippen molar-refractivity contribution in [2.24, 2.45) is 0 Å². The summed E-state index contributed by atoms with van der Waals surface area (Å²) >= 11 is 0. The van der Waals surface area contributed by atoms with E-state index in [4.69, 9.17) is 4.42 Å². The number of hydrogen-bond donors (Lipinski definition) is 3. The normalized spacial score (nSPS) is 10.8. The summed E-state index contributed by atoms with van der Waals surface area (Å²) in [4.78, 5) is 11.5. The van der Waals surface area contributed by atoms with Gasteiger partial charge in [-0.3, -0.25) is 0 Å². The van der Waals surface area contributed by atoms with Crippen LogP contribution in [0, 0.1) is 0 Å². The molecule has 0 radical (unpaired) electrons. The van der Waals surface area contributed by atoms with Crippen LogP contribution in [-0.4, -0.2) is 21.3 Å². The van der Waals surface area contributed by atoms with Crippen molar-refractivity contribution in [2.45, 2.75) is 0 Å². The molecule has 3 aromatic rings. The monoisotopic (exact) mass is 270 g/mol. The van der Waals surface area contributed by atoms with Gasteiger partial charge in [-0.05, 0) is 36.4 Å². The molecule has 0 saturated heterocycles. The molecule has 5 nitrogen and oxygen atoms in total. The fourth-order valence-corrected chi connectivity index (χ4v) is 2.11.